The van der Waals surface area contributed by atoms with E-state index in [1.165, 1.54) is 17.9 Å². The van der Waals surface area contributed by atoms with Crippen molar-refractivity contribution in [3.05, 3.63) is 81.8 Å². The number of fused-ring (bicyclic) bond motifs is 1. The zero-order valence-electron chi connectivity index (χ0n) is 15.9. The van der Waals surface area contributed by atoms with E-state index < -0.39 is 0 Å². The molecule has 0 aliphatic carbocycles. The molecule has 1 amide bonds. The highest BCUT2D eigenvalue weighted by atomic mass is 16.5. The summed E-state index contributed by atoms with van der Waals surface area (Å²) in [6.07, 6.45) is 1.82. The van der Waals surface area contributed by atoms with E-state index >= 15 is 0 Å². The molecule has 28 heavy (non-hydrogen) atoms. The van der Waals surface area contributed by atoms with Gasteiger partial charge in [0.1, 0.15) is 0 Å². The number of carbonyl (C=O) groups excluding carboxylic acids is 1. The van der Waals surface area contributed by atoms with Gasteiger partial charge in [0.15, 0.2) is 11.4 Å². The van der Waals surface area contributed by atoms with Gasteiger partial charge in [0.2, 0.25) is 0 Å². The molecule has 1 aliphatic heterocycles. The molecule has 6 heteroatoms. The third kappa shape index (κ3) is 3.07. The lowest BCUT2D eigenvalue weighted by atomic mass is 10.0. The fourth-order valence-corrected chi connectivity index (χ4v) is 3.59. The van der Waals surface area contributed by atoms with Crippen molar-refractivity contribution in [3.8, 4) is 11.4 Å². The van der Waals surface area contributed by atoms with Crippen molar-refractivity contribution >= 4 is 11.6 Å². The number of methoxy groups -OCH3 is 1. The fraction of sp³-hybridized carbons (Fsp3) is 0.227. The van der Waals surface area contributed by atoms with E-state index in [0.717, 1.165) is 29.7 Å². The second-order valence-corrected chi connectivity index (χ2v) is 6.79. The van der Waals surface area contributed by atoms with Crippen LogP contribution in [0.15, 0.2) is 59.4 Å². The summed E-state index contributed by atoms with van der Waals surface area (Å²) >= 11 is 0. The van der Waals surface area contributed by atoms with E-state index in [1.807, 2.05) is 49.4 Å². The second kappa shape index (κ2) is 7.31. The van der Waals surface area contributed by atoms with Crippen molar-refractivity contribution in [3.63, 3.8) is 0 Å². The monoisotopic (exact) mass is 375 g/mol. The van der Waals surface area contributed by atoms with Gasteiger partial charge in [-0.3, -0.25) is 9.59 Å². The van der Waals surface area contributed by atoms with Crippen LogP contribution in [0, 0.1) is 6.92 Å². The highest BCUT2D eigenvalue weighted by molar-refractivity contribution is 6.07. The summed E-state index contributed by atoms with van der Waals surface area (Å²) in [7, 11) is 1.44. The molecule has 0 radical (unpaired) electrons. The van der Waals surface area contributed by atoms with E-state index in [1.54, 1.807) is 11.0 Å². The van der Waals surface area contributed by atoms with Crippen LogP contribution in [0.2, 0.25) is 0 Å². The zero-order valence-corrected chi connectivity index (χ0v) is 15.9. The van der Waals surface area contributed by atoms with Gasteiger partial charge in [-0.1, -0.05) is 36.4 Å². The summed E-state index contributed by atoms with van der Waals surface area (Å²) < 4.78 is 6.59. The van der Waals surface area contributed by atoms with Crippen LogP contribution in [0.5, 0.6) is 5.75 Å². The Kier molecular flexibility index (Phi) is 4.69. The van der Waals surface area contributed by atoms with Gasteiger partial charge in [-0.25, -0.2) is 0 Å². The Morgan fingerprint density at radius 2 is 1.79 bits per heavy atom. The number of benzene rings is 2. The maximum absolute atomic E-state index is 13.4. The molecule has 0 saturated carbocycles. The maximum atomic E-state index is 13.4. The average molecular weight is 375 g/mol. The normalized spacial score (nSPS) is 13.1. The molecule has 0 N–H and O–H groups in total. The average Bonchev–Trinajstić information content (AvgIpc) is 2.73. The molecular weight excluding hydrogens is 354 g/mol. The summed E-state index contributed by atoms with van der Waals surface area (Å²) in [6.45, 7) is 2.50. The molecule has 0 unspecified atom stereocenters. The van der Waals surface area contributed by atoms with Gasteiger partial charge in [0.05, 0.1) is 18.9 Å². The molecule has 6 nitrogen and oxygen atoms in total. The van der Waals surface area contributed by atoms with Crippen LogP contribution in [0.3, 0.4) is 0 Å². The van der Waals surface area contributed by atoms with Gasteiger partial charge in [-0.15, -0.1) is 0 Å². The molecule has 0 spiro atoms. The van der Waals surface area contributed by atoms with E-state index in [9.17, 15) is 9.59 Å². The van der Waals surface area contributed by atoms with Gasteiger partial charge >= 0.3 is 0 Å². The number of amides is 1. The molecule has 4 rings (SSSR count). The number of rotatable bonds is 3. The predicted octanol–water partition coefficient (Wildman–Crippen LogP) is 3.14. The Balaban J connectivity index is 1.84. The van der Waals surface area contributed by atoms with Crippen molar-refractivity contribution in [1.82, 2.24) is 9.78 Å². The lowest BCUT2D eigenvalue weighted by Gasteiger charge is -2.29. The van der Waals surface area contributed by atoms with E-state index in [0.29, 0.717) is 12.2 Å². The molecule has 3 aromatic rings. The van der Waals surface area contributed by atoms with Gasteiger partial charge in [-0.05, 0) is 43.0 Å². The maximum Gasteiger partial charge on any atom is 0.282 e. The first-order valence-electron chi connectivity index (χ1n) is 9.24. The van der Waals surface area contributed by atoms with Crippen LogP contribution in [-0.2, 0) is 6.42 Å². The Morgan fingerprint density at radius 3 is 2.54 bits per heavy atom. The number of para-hydroxylation sites is 2. The van der Waals surface area contributed by atoms with Gasteiger partial charge in [0, 0.05) is 12.2 Å². The second-order valence-electron chi connectivity index (χ2n) is 6.79. The first-order valence-corrected chi connectivity index (χ1v) is 9.24. The smallest absolute Gasteiger partial charge is 0.282 e. The number of carbonyl (C=O) groups is 1. The first kappa shape index (κ1) is 18.0. The third-order valence-corrected chi connectivity index (χ3v) is 5.02. The highest BCUT2D eigenvalue weighted by Crippen LogP contribution is 2.29. The number of aromatic nitrogens is 2. The number of nitrogens with zero attached hydrogens (tertiary/aromatic N) is 3. The summed E-state index contributed by atoms with van der Waals surface area (Å²) in [5.74, 6) is -0.0887. The Hall–Kier alpha value is -3.41. The summed E-state index contributed by atoms with van der Waals surface area (Å²) in [6, 6.07) is 16.6. The van der Waals surface area contributed by atoms with Gasteiger partial charge < -0.3 is 9.64 Å². The minimum absolute atomic E-state index is 0.127. The van der Waals surface area contributed by atoms with Crippen LogP contribution < -0.4 is 15.2 Å². The predicted molar refractivity (Wildman–Crippen MR) is 108 cm³/mol. The molecule has 1 aliphatic rings. The number of hydrogen-bond acceptors (Lipinski definition) is 4. The van der Waals surface area contributed by atoms with Crippen LogP contribution in [0.25, 0.3) is 5.69 Å². The highest BCUT2D eigenvalue weighted by Gasteiger charge is 2.28. The van der Waals surface area contributed by atoms with Gasteiger partial charge in [-0.2, -0.15) is 9.78 Å². The lowest BCUT2D eigenvalue weighted by Crippen LogP contribution is -2.37. The number of hydrogen-bond donors (Lipinski definition) is 0. The quantitative estimate of drug-likeness (QED) is 0.705. The van der Waals surface area contributed by atoms with Crippen molar-refractivity contribution in [2.75, 3.05) is 18.6 Å². The van der Waals surface area contributed by atoms with Gasteiger partial charge in [0.25, 0.3) is 11.5 Å². The summed E-state index contributed by atoms with van der Waals surface area (Å²) in [4.78, 5) is 27.7. The molecule has 0 atom stereocenters. The Morgan fingerprint density at radius 1 is 1.07 bits per heavy atom. The van der Waals surface area contributed by atoms with Crippen molar-refractivity contribution < 1.29 is 9.53 Å². The van der Waals surface area contributed by atoms with E-state index in [-0.39, 0.29) is 22.9 Å². The number of ether oxygens (including phenoxy) is 1. The molecule has 0 fully saturated rings. The minimum atomic E-state index is -0.346. The minimum Gasteiger partial charge on any atom is -0.494 e. The van der Waals surface area contributed by atoms with Crippen molar-refractivity contribution in [1.29, 1.82) is 0 Å². The van der Waals surface area contributed by atoms with E-state index in [2.05, 4.69) is 5.10 Å². The van der Waals surface area contributed by atoms with Crippen LogP contribution in [-0.4, -0.2) is 29.3 Å². The third-order valence-electron chi connectivity index (χ3n) is 5.02. The van der Waals surface area contributed by atoms with E-state index in [4.69, 9.17) is 4.74 Å². The molecule has 0 bridgehead atoms. The lowest BCUT2D eigenvalue weighted by molar-refractivity contribution is 0.0975. The molecule has 1 aromatic heterocycles. The van der Waals surface area contributed by atoms with Crippen LogP contribution in [0.4, 0.5) is 5.69 Å². The summed E-state index contributed by atoms with van der Waals surface area (Å²) in [5, 5.41) is 4.41. The Bertz CT molecular complexity index is 1100. The fourth-order valence-electron chi connectivity index (χ4n) is 3.59. The molecular formula is C22H21N3O3. The molecule has 0 saturated heterocycles. The van der Waals surface area contributed by atoms with Crippen LogP contribution in [0.1, 0.15) is 28.0 Å². The topological polar surface area (TPSA) is 64.4 Å². The largest absolute Gasteiger partial charge is 0.494 e. The number of aryl methyl sites for hydroxylation is 2. The summed E-state index contributed by atoms with van der Waals surface area (Å²) in [5.41, 5.74) is 3.33. The van der Waals surface area contributed by atoms with Crippen molar-refractivity contribution in [2.45, 2.75) is 19.8 Å². The SMILES string of the molecule is COc1cc(=O)n(-c2ccccc2C)nc1C(=O)N1CCCc2ccccc21. The number of anilines is 1. The molecule has 2 heterocycles. The Labute approximate surface area is 163 Å². The standard InChI is InChI=1S/C22H21N3O3/c1-15-8-3-5-11-17(15)25-20(26)14-19(28-2)21(23-25)22(27)24-13-7-10-16-9-4-6-12-18(16)24/h3-6,8-9,11-12,14H,7,10,13H2,1-2H3. The van der Waals surface area contributed by atoms with Crippen molar-refractivity contribution in [2.24, 2.45) is 0 Å². The first-order chi connectivity index (χ1) is 13.6. The molecule has 2 aromatic carbocycles. The zero-order chi connectivity index (χ0) is 19.7. The molecule has 142 valence electrons. The van der Waals surface area contributed by atoms with Crippen LogP contribution >= 0.6 is 0 Å².